The molecule has 0 N–H and O–H groups in total. The Morgan fingerprint density at radius 1 is 1.57 bits per heavy atom. The van der Waals surface area contributed by atoms with Gasteiger partial charge in [-0.05, 0) is 19.3 Å². The van der Waals surface area contributed by atoms with E-state index >= 15 is 0 Å². The van der Waals surface area contributed by atoms with Crippen molar-refractivity contribution in [3.63, 3.8) is 0 Å². The molecule has 0 radical (unpaired) electrons. The minimum Gasteiger partial charge on any atom is -0.296 e. The maximum absolute atomic E-state index is 11.4. The van der Waals surface area contributed by atoms with Crippen LogP contribution in [0.25, 0.3) is 0 Å². The van der Waals surface area contributed by atoms with Crippen LogP contribution in [-0.2, 0) is 6.42 Å². The van der Waals surface area contributed by atoms with Crippen LogP contribution in [0.3, 0.4) is 0 Å². The van der Waals surface area contributed by atoms with E-state index in [1.54, 1.807) is 4.57 Å². The molecule has 1 aliphatic heterocycles. The summed E-state index contributed by atoms with van der Waals surface area (Å²) in [5.74, 6) is 0.520. The maximum Gasteiger partial charge on any atom is 0.441 e. The van der Waals surface area contributed by atoms with Gasteiger partial charge in [0.15, 0.2) is 5.82 Å². The zero-order valence-electron chi connectivity index (χ0n) is 7.91. The molecule has 1 aliphatic rings. The normalized spacial score (nSPS) is 21.6. The van der Waals surface area contributed by atoms with E-state index in [1.165, 1.54) is 6.42 Å². The second-order valence-electron chi connectivity index (χ2n) is 3.61. The molecule has 0 amide bonds. The van der Waals surface area contributed by atoms with Gasteiger partial charge in [0.05, 0.1) is 0 Å². The van der Waals surface area contributed by atoms with Crippen LogP contribution in [0.4, 0.5) is 0 Å². The van der Waals surface area contributed by atoms with Crippen LogP contribution in [0.1, 0.15) is 37.5 Å². The average Bonchev–Trinajstić information content (AvgIpc) is 2.43. The van der Waals surface area contributed by atoms with Gasteiger partial charge < -0.3 is 0 Å². The molecule has 0 saturated carbocycles. The quantitative estimate of drug-likeness (QED) is 0.764. The van der Waals surface area contributed by atoms with Crippen LogP contribution >= 0.6 is 15.9 Å². The summed E-state index contributed by atoms with van der Waals surface area (Å²) in [6.45, 7) is 0. The highest BCUT2D eigenvalue weighted by Gasteiger charge is 2.22. The lowest BCUT2D eigenvalue weighted by Crippen LogP contribution is -2.22. The molecule has 1 aromatic heterocycles. The Bertz CT molecular complexity index is 358. The number of nitrogens with zero attached hydrogens (tertiary/aromatic N) is 2. The lowest BCUT2D eigenvalue weighted by Gasteiger charge is -2.13. The Morgan fingerprint density at radius 2 is 2.43 bits per heavy atom. The van der Waals surface area contributed by atoms with Crippen LogP contribution in [0.5, 0.6) is 0 Å². The number of fused-ring (bicyclic) bond motifs is 1. The molecule has 2 heterocycles. The lowest BCUT2D eigenvalue weighted by molar-refractivity contribution is 0.351. The van der Waals surface area contributed by atoms with Crippen LogP contribution in [0.15, 0.2) is 9.32 Å². The fraction of sp³-hybridized carbons (Fsp3) is 0.778. The van der Waals surface area contributed by atoms with Crippen molar-refractivity contribution >= 4 is 15.9 Å². The summed E-state index contributed by atoms with van der Waals surface area (Å²) in [6.07, 6.45) is 5.16. The predicted octanol–water partition coefficient (Wildman–Crippen LogP) is 1.89. The Kier molecular flexibility index (Phi) is 3.05. The zero-order chi connectivity index (χ0) is 9.97. The molecule has 2 rings (SSSR count). The first-order chi connectivity index (χ1) is 6.83. The molecule has 0 spiro atoms. The van der Waals surface area contributed by atoms with Gasteiger partial charge in [-0.3, -0.25) is 9.09 Å². The summed E-state index contributed by atoms with van der Waals surface area (Å²) in [6, 6.07) is 0.269. The number of hydrogen-bond acceptors (Lipinski definition) is 3. The molecule has 4 nitrogen and oxygen atoms in total. The molecule has 0 fully saturated rings. The topological polar surface area (TPSA) is 48.0 Å². The van der Waals surface area contributed by atoms with Gasteiger partial charge in [-0.15, -0.1) is 0 Å². The second kappa shape index (κ2) is 4.29. The smallest absolute Gasteiger partial charge is 0.296 e. The van der Waals surface area contributed by atoms with Gasteiger partial charge in [0.1, 0.15) is 0 Å². The van der Waals surface area contributed by atoms with Crippen LogP contribution in [-0.4, -0.2) is 15.1 Å². The van der Waals surface area contributed by atoms with E-state index in [-0.39, 0.29) is 11.8 Å². The number of aromatic nitrogens is 2. The summed E-state index contributed by atoms with van der Waals surface area (Å²) in [5, 5.41) is 4.72. The number of aryl methyl sites for hydroxylation is 1. The predicted molar refractivity (Wildman–Crippen MR) is 55.8 cm³/mol. The van der Waals surface area contributed by atoms with Crippen LogP contribution < -0.4 is 5.76 Å². The third-order valence-electron chi connectivity index (χ3n) is 2.70. The molecular formula is C9H13BrN2O2. The number of rotatable bonds is 2. The van der Waals surface area contributed by atoms with E-state index in [0.717, 1.165) is 36.8 Å². The van der Waals surface area contributed by atoms with E-state index in [0.29, 0.717) is 0 Å². The highest BCUT2D eigenvalue weighted by atomic mass is 79.9. The van der Waals surface area contributed by atoms with Crippen molar-refractivity contribution in [3.05, 3.63) is 16.4 Å². The van der Waals surface area contributed by atoms with Gasteiger partial charge in [-0.1, -0.05) is 27.5 Å². The van der Waals surface area contributed by atoms with Gasteiger partial charge in [0, 0.05) is 17.8 Å². The molecule has 0 aromatic carbocycles. The van der Waals surface area contributed by atoms with Gasteiger partial charge in [0.2, 0.25) is 0 Å². The maximum atomic E-state index is 11.4. The SMILES string of the molecule is O=c1onc2n1[C@@H](CCBr)CCCC2. The van der Waals surface area contributed by atoms with Crippen molar-refractivity contribution < 1.29 is 4.52 Å². The molecule has 0 aliphatic carbocycles. The van der Waals surface area contributed by atoms with Crippen LogP contribution in [0.2, 0.25) is 0 Å². The minimum absolute atomic E-state index is 0.269. The first-order valence-electron chi connectivity index (χ1n) is 4.96. The molecule has 1 atom stereocenters. The molecule has 0 unspecified atom stereocenters. The fourth-order valence-corrected chi connectivity index (χ4v) is 2.53. The Balaban J connectivity index is 2.35. The van der Waals surface area contributed by atoms with Gasteiger partial charge >= 0.3 is 5.76 Å². The van der Waals surface area contributed by atoms with Crippen molar-refractivity contribution in [2.45, 2.75) is 38.1 Å². The molecule has 0 saturated heterocycles. The summed E-state index contributed by atoms with van der Waals surface area (Å²) >= 11 is 3.41. The van der Waals surface area contributed by atoms with Gasteiger partial charge in [-0.25, -0.2) is 4.79 Å². The van der Waals surface area contributed by atoms with Crippen molar-refractivity contribution in [3.8, 4) is 0 Å². The molecule has 0 bridgehead atoms. The lowest BCUT2D eigenvalue weighted by atomic mass is 10.1. The van der Waals surface area contributed by atoms with E-state index in [2.05, 4.69) is 21.1 Å². The number of hydrogen-bond donors (Lipinski definition) is 0. The molecule has 1 aromatic rings. The number of alkyl halides is 1. The highest BCUT2D eigenvalue weighted by molar-refractivity contribution is 9.09. The molecule has 14 heavy (non-hydrogen) atoms. The Hall–Kier alpha value is -0.580. The van der Waals surface area contributed by atoms with Gasteiger partial charge in [0.25, 0.3) is 0 Å². The monoisotopic (exact) mass is 260 g/mol. The Labute approximate surface area is 90.4 Å². The highest BCUT2D eigenvalue weighted by Crippen LogP contribution is 2.24. The van der Waals surface area contributed by atoms with Crippen molar-refractivity contribution in [1.29, 1.82) is 0 Å². The molecular weight excluding hydrogens is 248 g/mol. The number of halogens is 1. The van der Waals surface area contributed by atoms with E-state index in [1.807, 2.05) is 0 Å². The van der Waals surface area contributed by atoms with Crippen molar-refractivity contribution in [2.75, 3.05) is 5.33 Å². The van der Waals surface area contributed by atoms with E-state index in [9.17, 15) is 4.79 Å². The van der Waals surface area contributed by atoms with E-state index < -0.39 is 0 Å². The summed E-state index contributed by atoms with van der Waals surface area (Å²) in [7, 11) is 0. The first kappa shape index (κ1) is 9.96. The third kappa shape index (κ3) is 1.78. The van der Waals surface area contributed by atoms with E-state index in [4.69, 9.17) is 4.52 Å². The average molecular weight is 261 g/mol. The summed E-state index contributed by atoms with van der Waals surface area (Å²) < 4.78 is 6.42. The largest absolute Gasteiger partial charge is 0.441 e. The Morgan fingerprint density at radius 3 is 3.21 bits per heavy atom. The minimum atomic E-state index is -0.298. The molecule has 5 heteroatoms. The standard InChI is InChI=1S/C9H13BrN2O2/c10-6-5-7-3-1-2-4-8-11-14-9(13)12(7)8/h7H,1-6H2/t7-/m1/s1. The first-order valence-corrected chi connectivity index (χ1v) is 6.08. The molecule has 78 valence electrons. The summed E-state index contributed by atoms with van der Waals surface area (Å²) in [5.41, 5.74) is 0. The third-order valence-corrected chi connectivity index (χ3v) is 3.16. The second-order valence-corrected chi connectivity index (χ2v) is 4.40. The van der Waals surface area contributed by atoms with Crippen molar-refractivity contribution in [1.82, 2.24) is 9.72 Å². The summed E-state index contributed by atoms with van der Waals surface area (Å²) in [4.78, 5) is 11.4. The van der Waals surface area contributed by atoms with Gasteiger partial charge in [-0.2, -0.15) is 0 Å². The fourth-order valence-electron chi connectivity index (χ4n) is 2.00. The zero-order valence-corrected chi connectivity index (χ0v) is 9.49. The van der Waals surface area contributed by atoms with Crippen LogP contribution in [0, 0.1) is 0 Å². The van der Waals surface area contributed by atoms with Crippen molar-refractivity contribution in [2.24, 2.45) is 0 Å².